The first-order valence-electron chi connectivity index (χ1n) is 9.53. The van der Waals surface area contributed by atoms with Crippen molar-refractivity contribution in [2.75, 3.05) is 18.4 Å². The van der Waals surface area contributed by atoms with Crippen LogP contribution < -0.4 is 5.32 Å². The summed E-state index contributed by atoms with van der Waals surface area (Å²) in [5.74, 6) is 0.706. The van der Waals surface area contributed by atoms with Gasteiger partial charge in [-0.05, 0) is 40.2 Å². The molecule has 2 heterocycles. The van der Waals surface area contributed by atoms with Gasteiger partial charge in [-0.1, -0.05) is 47.6 Å². The van der Waals surface area contributed by atoms with Crippen molar-refractivity contribution in [3.63, 3.8) is 0 Å². The highest BCUT2D eigenvalue weighted by Gasteiger charge is 2.32. The summed E-state index contributed by atoms with van der Waals surface area (Å²) in [5, 5.41) is 3.27. The predicted molar refractivity (Wildman–Crippen MR) is 109 cm³/mol. The summed E-state index contributed by atoms with van der Waals surface area (Å²) in [7, 11) is 0. The van der Waals surface area contributed by atoms with E-state index in [1.54, 1.807) is 18.5 Å². The molecule has 144 valence electrons. The fourth-order valence-corrected chi connectivity index (χ4v) is 3.09. The Balaban J connectivity index is 1.75. The molecule has 5 heteroatoms. The molecule has 1 amide bonds. The standard InChI is InChI=1S/C22H30N4O/c1-21(2,3)16-10-15(11-17(12-16)22(4,5)6)19(27)26-13-18(14-26)25-20-23-8-7-9-24-20/h7-12,18H,13-14H2,1-6H3,(H,23,24,25). The highest BCUT2D eigenvalue weighted by molar-refractivity contribution is 5.95. The lowest BCUT2D eigenvalue weighted by Gasteiger charge is -2.40. The molecule has 1 aromatic carbocycles. The van der Waals surface area contributed by atoms with Gasteiger partial charge in [-0.25, -0.2) is 9.97 Å². The molecular weight excluding hydrogens is 336 g/mol. The number of amides is 1. The lowest BCUT2D eigenvalue weighted by molar-refractivity contribution is 0.0624. The van der Waals surface area contributed by atoms with E-state index in [9.17, 15) is 4.79 Å². The summed E-state index contributed by atoms with van der Waals surface area (Å²) < 4.78 is 0. The molecule has 0 radical (unpaired) electrons. The van der Waals surface area contributed by atoms with E-state index in [0.717, 1.165) is 5.56 Å². The van der Waals surface area contributed by atoms with E-state index in [1.165, 1.54) is 11.1 Å². The minimum absolute atomic E-state index is 0.0000240. The normalized spacial score (nSPS) is 15.4. The van der Waals surface area contributed by atoms with Crippen molar-refractivity contribution in [1.29, 1.82) is 0 Å². The van der Waals surface area contributed by atoms with Gasteiger partial charge in [0, 0.05) is 31.0 Å². The second-order valence-electron chi connectivity index (χ2n) is 9.42. The number of likely N-dealkylation sites (tertiary alicyclic amines) is 1. The summed E-state index contributed by atoms with van der Waals surface area (Å²) in [5.41, 5.74) is 3.18. The van der Waals surface area contributed by atoms with Crippen molar-refractivity contribution in [2.45, 2.75) is 58.4 Å². The molecule has 1 aliphatic heterocycles. The minimum atomic E-state index is -0.0000240. The quantitative estimate of drug-likeness (QED) is 0.892. The number of benzene rings is 1. The summed E-state index contributed by atoms with van der Waals surface area (Å²) in [6, 6.07) is 8.34. The van der Waals surface area contributed by atoms with Crippen molar-refractivity contribution < 1.29 is 4.79 Å². The lowest BCUT2D eigenvalue weighted by atomic mass is 9.79. The summed E-state index contributed by atoms with van der Waals surface area (Å²) in [6.45, 7) is 14.5. The van der Waals surface area contributed by atoms with Crippen LogP contribution in [0.4, 0.5) is 5.95 Å². The smallest absolute Gasteiger partial charge is 0.254 e. The van der Waals surface area contributed by atoms with Gasteiger partial charge in [0.05, 0.1) is 6.04 Å². The van der Waals surface area contributed by atoms with Crippen LogP contribution in [0.3, 0.4) is 0 Å². The molecule has 27 heavy (non-hydrogen) atoms. The zero-order valence-electron chi connectivity index (χ0n) is 17.2. The van der Waals surface area contributed by atoms with Gasteiger partial charge in [-0.15, -0.1) is 0 Å². The van der Waals surface area contributed by atoms with Crippen molar-refractivity contribution in [3.8, 4) is 0 Å². The van der Waals surface area contributed by atoms with Crippen LogP contribution in [0.25, 0.3) is 0 Å². The van der Waals surface area contributed by atoms with Gasteiger partial charge in [-0.3, -0.25) is 4.79 Å². The number of carbonyl (C=O) groups is 1. The zero-order valence-corrected chi connectivity index (χ0v) is 17.2. The number of carbonyl (C=O) groups excluding carboxylic acids is 1. The van der Waals surface area contributed by atoms with Crippen LogP contribution in [-0.4, -0.2) is 39.9 Å². The van der Waals surface area contributed by atoms with Gasteiger partial charge >= 0.3 is 0 Å². The first-order valence-corrected chi connectivity index (χ1v) is 9.53. The topological polar surface area (TPSA) is 58.1 Å². The predicted octanol–water partition coefficient (Wildman–Crippen LogP) is 4.01. The number of hydrogen-bond acceptors (Lipinski definition) is 4. The fourth-order valence-electron chi connectivity index (χ4n) is 3.09. The molecule has 1 saturated heterocycles. The summed E-state index contributed by atoms with van der Waals surface area (Å²) >= 11 is 0. The van der Waals surface area contributed by atoms with E-state index in [4.69, 9.17) is 0 Å². The van der Waals surface area contributed by atoms with Gasteiger partial charge in [-0.2, -0.15) is 0 Å². The molecular formula is C22H30N4O. The Kier molecular flexibility index (Phi) is 4.98. The van der Waals surface area contributed by atoms with Gasteiger partial charge in [0.1, 0.15) is 0 Å². The molecule has 1 aromatic heterocycles. The van der Waals surface area contributed by atoms with E-state index < -0.39 is 0 Å². The monoisotopic (exact) mass is 366 g/mol. The van der Waals surface area contributed by atoms with Crippen LogP contribution in [0, 0.1) is 0 Å². The minimum Gasteiger partial charge on any atom is -0.348 e. The van der Waals surface area contributed by atoms with E-state index in [-0.39, 0.29) is 22.8 Å². The molecule has 5 nitrogen and oxygen atoms in total. The molecule has 0 atom stereocenters. The molecule has 1 aliphatic rings. The van der Waals surface area contributed by atoms with Gasteiger partial charge in [0.25, 0.3) is 5.91 Å². The number of nitrogens with one attached hydrogen (secondary N) is 1. The highest BCUT2D eigenvalue weighted by Crippen LogP contribution is 2.31. The van der Waals surface area contributed by atoms with Gasteiger partial charge in [0.2, 0.25) is 5.95 Å². The molecule has 1 N–H and O–H groups in total. The second-order valence-corrected chi connectivity index (χ2v) is 9.42. The van der Waals surface area contributed by atoms with Crippen LogP contribution in [0.5, 0.6) is 0 Å². The third-order valence-electron chi connectivity index (χ3n) is 4.98. The lowest BCUT2D eigenvalue weighted by Crippen LogP contribution is -2.57. The van der Waals surface area contributed by atoms with Crippen LogP contribution in [-0.2, 0) is 10.8 Å². The molecule has 0 spiro atoms. The largest absolute Gasteiger partial charge is 0.348 e. The van der Waals surface area contributed by atoms with E-state index >= 15 is 0 Å². The third kappa shape index (κ3) is 4.46. The van der Waals surface area contributed by atoms with Crippen LogP contribution in [0.15, 0.2) is 36.7 Å². The summed E-state index contributed by atoms with van der Waals surface area (Å²) in [6.07, 6.45) is 3.42. The zero-order chi connectivity index (χ0) is 19.8. The van der Waals surface area contributed by atoms with E-state index in [0.29, 0.717) is 19.0 Å². The van der Waals surface area contributed by atoms with Crippen LogP contribution >= 0.6 is 0 Å². The maximum Gasteiger partial charge on any atom is 0.254 e. The Morgan fingerprint density at radius 3 is 1.96 bits per heavy atom. The van der Waals surface area contributed by atoms with E-state index in [1.807, 2.05) is 4.90 Å². The van der Waals surface area contributed by atoms with Crippen LogP contribution in [0.2, 0.25) is 0 Å². The van der Waals surface area contributed by atoms with Crippen molar-refractivity contribution >= 4 is 11.9 Å². The van der Waals surface area contributed by atoms with Gasteiger partial charge < -0.3 is 10.2 Å². The second kappa shape index (κ2) is 6.95. The fraction of sp³-hybridized carbons (Fsp3) is 0.500. The number of anilines is 1. The SMILES string of the molecule is CC(C)(C)c1cc(C(=O)N2CC(Nc3ncccn3)C2)cc(C(C)(C)C)c1. The Hall–Kier alpha value is -2.43. The Morgan fingerprint density at radius 2 is 1.48 bits per heavy atom. The first-order chi connectivity index (χ1) is 12.5. The van der Waals surface area contributed by atoms with Crippen LogP contribution in [0.1, 0.15) is 63.0 Å². The molecule has 0 saturated carbocycles. The highest BCUT2D eigenvalue weighted by atomic mass is 16.2. The molecule has 2 aromatic rings. The average molecular weight is 367 g/mol. The van der Waals surface area contributed by atoms with Gasteiger partial charge in [0.15, 0.2) is 0 Å². The third-order valence-corrected chi connectivity index (χ3v) is 4.98. The Bertz CT molecular complexity index is 780. The molecule has 1 fully saturated rings. The first kappa shape index (κ1) is 19.3. The van der Waals surface area contributed by atoms with E-state index in [2.05, 4.69) is 75.0 Å². The Morgan fingerprint density at radius 1 is 0.963 bits per heavy atom. The van der Waals surface area contributed by atoms with Crippen molar-refractivity contribution in [3.05, 3.63) is 53.3 Å². The van der Waals surface area contributed by atoms with Crippen molar-refractivity contribution in [1.82, 2.24) is 14.9 Å². The summed E-state index contributed by atoms with van der Waals surface area (Å²) in [4.78, 5) is 23.3. The maximum absolute atomic E-state index is 13.1. The maximum atomic E-state index is 13.1. The molecule has 0 aliphatic carbocycles. The number of aromatic nitrogens is 2. The number of nitrogens with zero attached hydrogens (tertiary/aromatic N) is 3. The number of hydrogen-bond donors (Lipinski definition) is 1. The molecule has 3 rings (SSSR count). The average Bonchev–Trinajstić information content (AvgIpc) is 2.56. The molecule has 0 bridgehead atoms. The molecule has 0 unspecified atom stereocenters. The number of rotatable bonds is 3. The Labute approximate surface area is 162 Å². The van der Waals surface area contributed by atoms with Crippen molar-refractivity contribution in [2.24, 2.45) is 0 Å².